The molecule has 2 unspecified atom stereocenters. The van der Waals surface area contributed by atoms with Crippen LogP contribution in [0.5, 0.6) is 5.75 Å². The maximum atomic E-state index is 12.6. The fourth-order valence-corrected chi connectivity index (χ4v) is 2.90. The highest BCUT2D eigenvalue weighted by molar-refractivity contribution is 5.98. The van der Waals surface area contributed by atoms with E-state index in [1.807, 2.05) is 6.07 Å². The summed E-state index contributed by atoms with van der Waals surface area (Å²) in [7, 11) is 0. The zero-order valence-electron chi connectivity index (χ0n) is 12.2. The number of ketones is 1. The first-order valence-corrected chi connectivity index (χ1v) is 7.58. The number of hydrogen-bond acceptors (Lipinski definition) is 4. The molecule has 4 heteroatoms. The maximum absolute atomic E-state index is 12.6. The fourth-order valence-electron chi connectivity index (χ4n) is 2.90. The lowest BCUT2D eigenvalue weighted by molar-refractivity contribution is 0.0829. The van der Waals surface area contributed by atoms with Crippen LogP contribution in [0.25, 0.3) is 0 Å². The molecule has 2 N–H and O–H groups in total. The highest BCUT2D eigenvalue weighted by Crippen LogP contribution is 2.32. The number of hydrogen-bond donors (Lipinski definition) is 1. The summed E-state index contributed by atoms with van der Waals surface area (Å²) in [5.41, 5.74) is 6.47. The van der Waals surface area contributed by atoms with Crippen molar-refractivity contribution >= 4 is 5.78 Å². The Labute approximate surface area is 120 Å². The molecule has 20 heavy (non-hydrogen) atoms. The van der Waals surface area contributed by atoms with Crippen molar-refractivity contribution in [2.75, 3.05) is 13.2 Å². The average Bonchev–Trinajstić information content (AvgIpc) is 2.52. The van der Waals surface area contributed by atoms with E-state index >= 15 is 0 Å². The van der Waals surface area contributed by atoms with E-state index in [2.05, 4.69) is 11.9 Å². The number of pyridine rings is 1. The Kier molecular flexibility index (Phi) is 5.53. The van der Waals surface area contributed by atoms with Gasteiger partial charge in [0.15, 0.2) is 5.78 Å². The van der Waals surface area contributed by atoms with Gasteiger partial charge in [-0.25, -0.2) is 0 Å². The molecule has 1 saturated carbocycles. The Morgan fingerprint density at radius 2 is 2.20 bits per heavy atom. The second-order valence-corrected chi connectivity index (χ2v) is 5.51. The molecule has 0 aliphatic heterocycles. The zero-order chi connectivity index (χ0) is 14.4. The Hall–Kier alpha value is -1.42. The third-order valence-corrected chi connectivity index (χ3v) is 4.02. The lowest BCUT2D eigenvalue weighted by Crippen LogP contribution is -2.32. The van der Waals surface area contributed by atoms with E-state index in [9.17, 15) is 4.79 Å². The predicted octanol–water partition coefficient (Wildman–Crippen LogP) is 2.82. The molecule has 0 bridgehead atoms. The fraction of sp³-hybridized carbons (Fsp3) is 0.625. The minimum atomic E-state index is 0.0528. The summed E-state index contributed by atoms with van der Waals surface area (Å²) in [6.07, 6.45) is 8.55. The zero-order valence-corrected chi connectivity index (χ0v) is 12.2. The highest BCUT2D eigenvalue weighted by Gasteiger charge is 2.30. The van der Waals surface area contributed by atoms with Gasteiger partial charge < -0.3 is 10.5 Å². The van der Waals surface area contributed by atoms with Gasteiger partial charge in [0, 0.05) is 17.7 Å². The van der Waals surface area contributed by atoms with Gasteiger partial charge in [-0.1, -0.05) is 19.8 Å². The number of rotatable bonds is 6. The minimum absolute atomic E-state index is 0.0528. The second-order valence-electron chi connectivity index (χ2n) is 5.51. The average molecular weight is 276 g/mol. The van der Waals surface area contributed by atoms with Crippen LogP contribution in [0, 0.1) is 11.8 Å². The van der Waals surface area contributed by atoms with E-state index in [1.54, 1.807) is 12.4 Å². The molecule has 1 heterocycles. The smallest absolute Gasteiger partial charge is 0.167 e. The topological polar surface area (TPSA) is 65.2 Å². The molecule has 1 fully saturated rings. The summed E-state index contributed by atoms with van der Waals surface area (Å²) in [5, 5.41) is 0. The van der Waals surface area contributed by atoms with E-state index in [0.29, 0.717) is 30.4 Å². The number of Topliss-reactive ketones (excluding diaryl/α,β-unsaturated/α-hetero) is 1. The third kappa shape index (κ3) is 3.57. The van der Waals surface area contributed by atoms with Crippen molar-refractivity contribution in [1.29, 1.82) is 0 Å². The molecule has 0 saturated heterocycles. The summed E-state index contributed by atoms with van der Waals surface area (Å²) in [6.45, 7) is 3.29. The molecular formula is C16H24N2O2. The molecule has 0 aromatic carbocycles. The first kappa shape index (κ1) is 15.0. The van der Waals surface area contributed by atoms with Crippen molar-refractivity contribution in [1.82, 2.24) is 4.98 Å². The van der Waals surface area contributed by atoms with Crippen LogP contribution in [0.2, 0.25) is 0 Å². The van der Waals surface area contributed by atoms with Gasteiger partial charge in [-0.15, -0.1) is 0 Å². The Bertz CT molecular complexity index is 448. The molecule has 1 aliphatic rings. The first-order chi connectivity index (χ1) is 9.76. The summed E-state index contributed by atoms with van der Waals surface area (Å²) < 4.78 is 5.55. The molecule has 0 radical (unpaired) electrons. The Morgan fingerprint density at radius 1 is 1.40 bits per heavy atom. The van der Waals surface area contributed by atoms with Gasteiger partial charge in [0.05, 0.1) is 12.8 Å². The Morgan fingerprint density at radius 3 is 2.95 bits per heavy atom. The summed E-state index contributed by atoms with van der Waals surface area (Å²) in [4.78, 5) is 16.8. The summed E-state index contributed by atoms with van der Waals surface area (Å²) in [5.74, 6) is 1.22. The van der Waals surface area contributed by atoms with Crippen LogP contribution >= 0.6 is 0 Å². The second kappa shape index (κ2) is 7.39. The number of nitrogens with two attached hydrogens (primary N) is 1. The van der Waals surface area contributed by atoms with E-state index in [0.717, 1.165) is 25.7 Å². The van der Waals surface area contributed by atoms with Crippen LogP contribution < -0.4 is 10.5 Å². The molecule has 0 amide bonds. The van der Waals surface area contributed by atoms with Crippen LogP contribution in [0.4, 0.5) is 0 Å². The number of aromatic nitrogens is 1. The number of ether oxygens (including phenoxy) is 1. The van der Waals surface area contributed by atoms with Gasteiger partial charge in [-0.2, -0.15) is 0 Å². The maximum Gasteiger partial charge on any atom is 0.167 e. The standard InChI is InChI=1S/C16H24N2O2/c1-2-7-20-14-8-13(10-18-11-14)16(19)15-6-4-3-5-12(15)9-17/h8,10-12,15H,2-7,9,17H2,1H3. The van der Waals surface area contributed by atoms with Gasteiger partial charge in [0.2, 0.25) is 0 Å². The SMILES string of the molecule is CCCOc1cncc(C(=O)C2CCCCC2CN)c1. The van der Waals surface area contributed by atoms with Gasteiger partial charge in [0.25, 0.3) is 0 Å². The molecule has 2 rings (SSSR count). The molecule has 1 aromatic heterocycles. The number of carbonyl (C=O) groups excluding carboxylic acids is 1. The van der Waals surface area contributed by atoms with Crippen molar-refractivity contribution in [3.8, 4) is 5.75 Å². The van der Waals surface area contributed by atoms with Gasteiger partial charge >= 0.3 is 0 Å². The quantitative estimate of drug-likeness (QED) is 0.811. The van der Waals surface area contributed by atoms with E-state index < -0.39 is 0 Å². The Balaban J connectivity index is 2.11. The summed E-state index contributed by atoms with van der Waals surface area (Å²) in [6, 6.07) is 1.81. The molecule has 110 valence electrons. The molecule has 0 spiro atoms. The third-order valence-electron chi connectivity index (χ3n) is 4.02. The van der Waals surface area contributed by atoms with Crippen molar-refractivity contribution in [2.24, 2.45) is 17.6 Å². The van der Waals surface area contributed by atoms with Crippen LogP contribution in [0.15, 0.2) is 18.5 Å². The van der Waals surface area contributed by atoms with Crippen molar-refractivity contribution in [3.05, 3.63) is 24.0 Å². The van der Waals surface area contributed by atoms with E-state index in [1.165, 1.54) is 6.42 Å². The van der Waals surface area contributed by atoms with Crippen molar-refractivity contribution < 1.29 is 9.53 Å². The van der Waals surface area contributed by atoms with Crippen molar-refractivity contribution in [3.63, 3.8) is 0 Å². The van der Waals surface area contributed by atoms with Crippen LogP contribution in [0.3, 0.4) is 0 Å². The highest BCUT2D eigenvalue weighted by atomic mass is 16.5. The summed E-state index contributed by atoms with van der Waals surface area (Å²) >= 11 is 0. The predicted molar refractivity (Wildman–Crippen MR) is 78.9 cm³/mol. The monoisotopic (exact) mass is 276 g/mol. The van der Waals surface area contributed by atoms with Crippen LogP contribution in [-0.2, 0) is 0 Å². The van der Waals surface area contributed by atoms with Crippen LogP contribution in [0.1, 0.15) is 49.4 Å². The van der Waals surface area contributed by atoms with E-state index in [-0.39, 0.29) is 11.7 Å². The van der Waals surface area contributed by atoms with Crippen molar-refractivity contribution in [2.45, 2.75) is 39.0 Å². The number of nitrogens with zero attached hydrogens (tertiary/aromatic N) is 1. The minimum Gasteiger partial charge on any atom is -0.492 e. The lowest BCUT2D eigenvalue weighted by atomic mass is 9.75. The molecule has 1 aliphatic carbocycles. The largest absolute Gasteiger partial charge is 0.492 e. The first-order valence-electron chi connectivity index (χ1n) is 7.58. The lowest BCUT2D eigenvalue weighted by Gasteiger charge is -2.29. The van der Waals surface area contributed by atoms with Gasteiger partial charge in [-0.3, -0.25) is 9.78 Å². The van der Waals surface area contributed by atoms with Crippen LogP contribution in [-0.4, -0.2) is 23.9 Å². The normalized spacial score (nSPS) is 22.5. The van der Waals surface area contributed by atoms with Gasteiger partial charge in [0.1, 0.15) is 5.75 Å². The van der Waals surface area contributed by atoms with E-state index in [4.69, 9.17) is 10.5 Å². The van der Waals surface area contributed by atoms with Gasteiger partial charge in [-0.05, 0) is 37.8 Å². The molecule has 4 nitrogen and oxygen atoms in total. The molecular weight excluding hydrogens is 252 g/mol. The number of carbonyl (C=O) groups is 1. The molecule has 2 atom stereocenters. The molecule has 1 aromatic rings.